The third-order valence-corrected chi connectivity index (χ3v) is 3.73. The van der Waals surface area contributed by atoms with Crippen molar-refractivity contribution in [2.24, 2.45) is 0 Å². The minimum atomic E-state index is 0.674. The normalized spacial score (nSPS) is 10.3. The van der Waals surface area contributed by atoms with Gasteiger partial charge >= 0.3 is 0 Å². The first kappa shape index (κ1) is 15.0. The first-order valence-corrected chi connectivity index (χ1v) is 7.50. The van der Waals surface area contributed by atoms with Crippen LogP contribution in [0.5, 0.6) is 0 Å². The van der Waals surface area contributed by atoms with E-state index in [4.69, 9.17) is 0 Å². The van der Waals surface area contributed by atoms with Gasteiger partial charge in [0, 0.05) is 30.7 Å². The maximum absolute atomic E-state index is 4.29. The fourth-order valence-corrected chi connectivity index (χ4v) is 2.24. The van der Waals surface area contributed by atoms with Crippen LogP contribution in [0.4, 0.5) is 17.3 Å². The molecule has 23 heavy (non-hydrogen) atoms. The maximum atomic E-state index is 4.29. The lowest BCUT2D eigenvalue weighted by Crippen LogP contribution is -2.03. The Morgan fingerprint density at radius 2 is 1.87 bits per heavy atom. The Morgan fingerprint density at radius 1 is 1.00 bits per heavy atom. The molecule has 5 nitrogen and oxygen atoms in total. The number of nitrogens with zero attached hydrogens (tertiary/aromatic N) is 3. The average Bonchev–Trinajstić information content (AvgIpc) is 2.59. The van der Waals surface area contributed by atoms with Crippen LogP contribution in [0.2, 0.25) is 0 Å². The van der Waals surface area contributed by atoms with E-state index in [9.17, 15) is 0 Å². The summed E-state index contributed by atoms with van der Waals surface area (Å²) in [5, 5.41) is 6.63. The molecule has 0 aliphatic heterocycles. The predicted octanol–water partition coefficient (Wildman–Crippen LogP) is 3.84. The molecule has 0 saturated heterocycles. The summed E-state index contributed by atoms with van der Waals surface area (Å²) in [6, 6.07) is 12.0. The second-order valence-corrected chi connectivity index (χ2v) is 5.38. The van der Waals surface area contributed by atoms with Crippen LogP contribution in [0.25, 0.3) is 0 Å². The molecule has 116 valence electrons. The lowest BCUT2D eigenvalue weighted by atomic mass is 10.1. The van der Waals surface area contributed by atoms with Crippen LogP contribution in [-0.4, -0.2) is 15.0 Å². The van der Waals surface area contributed by atoms with Crippen LogP contribution in [0.3, 0.4) is 0 Å². The summed E-state index contributed by atoms with van der Waals surface area (Å²) in [5.74, 6) is 1.54. The van der Waals surface area contributed by atoms with Gasteiger partial charge in [-0.1, -0.05) is 18.2 Å². The highest BCUT2D eigenvalue weighted by Crippen LogP contribution is 2.22. The Balaban J connectivity index is 1.71. The third kappa shape index (κ3) is 3.83. The van der Waals surface area contributed by atoms with E-state index >= 15 is 0 Å². The number of rotatable bonds is 5. The molecule has 3 aromatic rings. The van der Waals surface area contributed by atoms with Crippen molar-refractivity contribution in [1.29, 1.82) is 0 Å². The molecule has 2 heterocycles. The van der Waals surface area contributed by atoms with Crippen LogP contribution in [0.15, 0.2) is 55.1 Å². The number of nitrogens with one attached hydrogen (secondary N) is 2. The smallest absolute Gasteiger partial charge is 0.135 e. The van der Waals surface area contributed by atoms with Gasteiger partial charge in [-0.05, 0) is 42.7 Å². The van der Waals surface area contributed by atoms with Gasteiger partial charge in [-0.25, -0.2) is 9.97 Å². The minimum Gasteiger partial charge on any atom is -0.366 e. The molecule has 0 radical (unpaired) electrons. The highest BCUT2D eigenvalue weighted by atomic mass is 15.1. The van der Waals surface area contributed by atoms with Crippen molar-refractivity contribution in [3.05, 3.63) is 71.8 Å². The first-order chi connectivity index (χ1) is 11.2. The molecule has 3 rings (SSSR count). The molecule has 0 saturated carbocycles. The predicted molar refractivity (Wildman–Crippen MR) is 92.8 cm³/mol. The Kier molecular flexibility index (Phi) is 4.47. The van der Waals surface area contributed by atoms with Gasteiger partial charge in [-0.2, -0.15) is 0 Å². The molecule has 0 spiro atoms. The van der Waals surface area contributed by atoms with Crippen molar-refractivity contribution in [1.82, 2.24) is 15.0 Å². The Morgan fingerprint density at radius 3 is 2.70 bits per heavy atom. The summed E-state index contributed by atoms with van der Waals surface area (Å²) < 4.78 is 0. The molecular formula is C18H19N5. The average molecular weight is 305 g/mol. The Hall–Kier alpha value is -2.95. The summed E-state index contributed by atoms with van der Waals surface area (Å²) in [4.78, 5) is 12.6. The summed E-state index contributed by atoms with van der Waals surface area (Å²) in [6.45, 7) is 4.87. The van der Waals surface area contributed by atoms with Crippen molar-refractivity contribution in [3.63, 3.8) is 0 Å². The van der Waals surface area contributed by atoms with E-state index in [-0.39, 0.29) is 0 Å². The second kappa shape index (κ2) is 6.87. The van der Waals surface area contributed by atoms with Gasteiger partial charge in [0.2, 0.25) is 0 Å². The molecule has 2 aromatic heterocycles. The van der Waals surface area contributed by atoms with Gasteiger partial charge in [0.1, 0.15) is 18.0 Å². The van der Waals surface area contributed by atoms with E-state index in [1.54, 1.807) is 12.5 Å². The van der Waals surface area contributed by atoms with Gasteiger partial charge in [-0.15, -0.1) is 0 Å². The van der Waals surface area contributed by atoms with E-state index in [0.717, 1.165) is 22.9 Å². The standard InChI is InChI=1S/C18H19N5/c1-13-5-3-7-16(14(13)2)23-18-9-17(21-12-22-18)20-11-15-6-4-8-19-10-15/h3-10,12H,11H2,1-2H3,(H2,20,21,22,23). The zero-order valence-electron chi connectivity index (χ0n) is 13.2. The zero-order valence-corrected chi connectivity index (χ0v) is 13.2. The monoisotopic (exact) mass is 305 g/mol. The third-order valence-electron chi connectivity index (χ3n) is 3.73. The number of aryl methyl sites for hydroxylation is 1. The van der Waals surface area contributed by atoms with Gasteiger partial charge < -0.3 is 10.6 Å². The minimum absolute atomic E-state index is 0.674. The molecule has 1 aromatic carbocycles. The number of anilines is 3. The molecule has 0 fully saturated rings. The zero-order chi connectivity index (χ0) is 16.1. The molecule has 0 amide bonds. The summed E-state index contributed by atoms with van der Waals surface area (Å²) >= 11 is 0. The van der Waals surface area contributed by atoms with Gasteiger partial charge in [0.05, 0.1) is 0 Å². The number of pyridine rings is 1. The van der Waals surface area contributed by atoms with Crippen molar-refractivity contribution in [2.45, 2.75) is 20.4 Å². The Labute approximate surface area is 135 Å². The summed E-state index contributed by atoms with van der Waals surface area (Å²) in [7, 11) is 0. The largest absolute Gasteiger partial charge is 0.366 e. The van der Waals surface area contributed by atoms with E-state index in [0.29, 0.717) is 6.54 Å². The van der Waals surface area contributed by atoms with Gasteiger partial charge in [0.25, 0.3) is 0 Å². The second-order valence-electron chi connectivity index (χ2n) is 5.38. The quantitative estimate of drug-likeness (QED) is 0.750. The highest BCUT2D eigenvalue weighted by molar-refractivity contribution is 5.63. The fourth-order valence-electron chi connectivity index (χ4n) is 2.24. The molecular weight excluding hydrogens is 286 g/mol. The van der Waals surface area contributed by atoms with E-state index in [2.05, 4.69) is 45.5 Å². The van der Waals surface area contributed by atoms with Crippen molar-refractivity contribution >= 4 is 17.3 Å². The molecule has 0 bridgehead atoms. The van der Waals surface area contributed by atoms with Crippen LogP contribution >= 0.6 is 0 Å². The lowest BCUT2D eigenvalue weighted by molar-refractivity contribution is 1.07. The molecule has 0 unspecified atom stereocenters. The summed E-state index contributed by atoms with van der Waals surface area (Å²) in [6.07, 6.45) is 5.16. The maximum Gasteiger partial charge on any atom is 0.135 e. The highest BCUT2D eigenvalue weighted by Gasteiger charge is 2.03. The van der Waals surface area contributed by atoms with Crippen molar-refractivity contribution in [2.75, 3.05) is 10.6 Å². The van der Waals surface area contributed by atoms with Crippen LogP contribution in [-0.2, 0) is 6.54 Å². The van der Waals surface area contributed by atoms with Crippen LogP contribution in [0, 0.1) is 13.8 Å². The topological polar surface area (TPSA) is 62.7 Å². The van der Waals surface area contributed by atoms with Crippen LogP contribution in [0.1, 0.15) is 16.7 Å². The van der Waals surface area contributed by atoms with E-state index < -0.39 is 0 Å². The molecule has 0 aliphatic carbocycles. The van der Waals surface area contributed by atoms with E-state index in [1.165, 1.54) is 11.1 Å². The van der Waals surface area contributed by atoms with Gasteiger partial charge in [-0.3, -0.25) is 4.98 Å². The number of hydrogen-bond acceptors (Lipinski definition) is 5. The first-order valence-electron chi connectivity index (χ1n) is 7.50. The molecule has 0 atom stereocenters. The van der Waals surface area contributed by atoms with Gasteiger partial charge in [0.15, 0.2) is 0 Å². The van der Waals surface area contributed by atoms with Crippen LogP contribution < -0.4 is 10.6 Å². The summed E-state index contributed by atoms with van der Waals surface area (Å²) in [5.41, 5.74) is 4.63. The van der Waals surface area contributed by atoms with Crippen molar-refractivity contribution < 1.29 is 0 Å². The number of hydrogen-bond donors (Lipinski definition) is 2. The van der Waals surface area contributed by atoms with E-state index in [1.807, 2.05) is 36.5 Å². The Bertz CT molecular complexity index is 786. The molecule has 5 heteroatoms. The fraction of sp³-hybridized carbons (Fsp3) is 0.167. The molecule has 0 aliphatic rings. The SMILES string of the molecule is Cc1cccc(Nc2cc(NCc3cccnc3)ncn2)c1C. The molecule has 2 N–H and O–H groups in total. The lowest BCUT2D eigenvalue weighted by Gasteiger charge is -2.12. The number of benzene rings is 1. The van der Waals surface area contributed by atoms with Crippen molar-refractivity contribution in [3.8, 4) is 0 Å². The number of aromatic nitrogens is 3.